The first-order chi connectivity index (χ1) is 5.20. The summed E-state index contributed by atoms with van der Waals surface area (Å²) < 4.78 is 0. The van der Waals surface area contributed by atoms with Gasteiger partial charge in [0.05, 0.1) is 0 Å². The Morgan fingerprint density at radius 1 is 1.82 bits per heavy atom. The van der Waals surface area contributed by atoms with Gasteiger partial charge in [0.1, 0.15) is 0 Å². The predicted octanol–water partition coefficient (Wildman–Crippen LogP) is 0.460. The molecule has 1 aliphatic rings. The summed E-state index contributed by atoms with van der Waals surface area (Å²) in [6, 6.07) is 0. The maximum atomic E-state index is 10.6. The lowest BCUT2D eigenvalue weighted by atomic mass is 10.6. The van der Waals surface area contributed by atoms with E-state index in [0.29, 0.717) is 0 Å². The second kappa shape index (κ2) is 3.39. The zero-order chi connectivity index (χ0) is 8.27. The zero-order valence-corrected chi connectivity index (χ0v) is 6.75. The van der Waals surface area contributed by atoms with Crippen molar-refractivity contribution in [2.24, 2.45) is 4.99 Å². The average molecular weight is 174 g/mol. The van der Waals surface area contributed by atoms with E-state index in [1.165, 1.54) is 18.1 Å². The lowest BCUT2D eigenvalue weighted by Crippen LogP contribution is -2.43. The van der Waals surface area contributed by atoms with E-state index in [0.717, 1.165) is 0 Å². The summed E-state index contributed by atoms with van der Waals surface area (Å²) >= 11 is 5.74. The molecule has 11 heavy (non-hydrogen) atoms. The largest absolute Gasteiger partial charge is 0.274 e. The third-order valence-electron chi connectivity index (χ3n) is 1.07. The first-order valence-electron chi connectivity index (χ1n) is 3.10. The molecule has 0 aromatic heterocycles. The van der Waals surface area contributed by atoms with Gasteiger partial charge in [-0.3, -0.25) is 20.2 Å². The first-order valence-corrected chi connectivity index (χ1v) is 3.53. The highest BCUT2D eigenvalue weighted by Crippen LogP contribution is 2.03. The fraction of sp³-hybridized carbons (Fsp3) is 0.333. The Hall–Kier alpha value is -1.03. The van der Waals surface area contributed by atoms with Gasteiger partial charge in [-0.2, -0.15) is 0 Å². The third kappa shape index (κ3) is 2.23. The van der Waals surface area contributed by atoms with Crippen molar-refractivity contribution in [2.45, 2.75) is 12.4 Å². The molecule has 5 heteroatoms. The molecule has 0 fully saturated rings. The summed E-state index contributed by atoms with van der Waals surface area (Å²) in [5.41, 5.74) is 2.12. The van der Waals surface area contributed by atoms with Crippen molar-refractivity contribution in [3.8, 4) is 0 Å². The number of nitrogens with zero attached hydrogens (tertiary/aromatic N) is 2. The van der Waals surface area contributed by atoms with E-state index in [2.05, 4.69) is 10.4 Å². The van der Waals surface area contributed by atoms with Crippen molar-refractivity contribution in [3.05, 3.63) is 12.4 Å². The van der Waals surface area contributed by atoms with Crippen molar-refractivity contribution in [2.75, 3.05) is 0 Å². The molecule has 4 nitrogen and oxygen atoms in total. The summed E-state index contributed by atoms with van der Waals surface area (Å²) in [5, 5.41) is 1.47. The molecule has 0 bridgehead atoms. The summed E-state index contributed by atoms with van der Waals surface area (Å²) in [4.78, 5) is 14.4. The Morgan fingerprint density at radius 3 is 3.09 bits per heavy atom. The van der Waals surface area contributed by atoms with E-state index in [4.69, 9.17) is 11.6 Å². The minimum absolute atomic E-state index is 0.157. The minimum Gasteiger partial charge on any atom is -0.274 e. The van der Waals surface area contributed by atoms with Crippen LogP contribution in [0.3, 0.4) is 0 Å². The van der Waals surface area contributed by atoms with Gasteiger partial charge in [-0.05, 0) is 0 Å². The molecule has 0 saturated heterocycles. The number of hydrogen-bond acceptors (Lipinski definition) is 3. The van der Waals surface area contributed by atoms with Crippen LogP contribution >= 0.6 is 11.6 Å². The highest BCUT2D eigenvalue weighted by atomic mass is 35.5. The maximum absolute atomic E-state index is 10.6. The molecule has 0 spiro atoms. The number of aliphatic imine (C=N–C) groups is 1. The lowest BCUT2D eigenvalue weighted by molar-refractivity contribution is -0.122. The number of nitrogens with one attached hydrogen (secondary N) is 1. The number of carbonyl (C=O) groups excluding carboxylic acids is 1. The second-order valence-electron chi connectivity index (χ2n) is 2.04. The van der Waals surface area contributed by atoms with Crippen LogP contribution < -0.4 is 5.43 Å². The van der Waals surface area contributed by atoms with Gasteiger partial charge in [-0.25, -0.2) is 0 Å². The van der Waals surface area contributed by atoms with E-state index in [9.17, 15) is 4.79 Å². The molecule has 0 saturated carbocycles. The number of hydrazine groups is 1. The fourth-order valence-electron chi connectivity index (χ4n) is 0.666. The molecule has 0 aromatic carbocycles. The number of rotatable bonds is 1. The van der Waals surface area contributed by atoms with Crippen LogP contribution in [0.15, 0.2) is 17.4 Å². The van der Waals surface area contributed by atoms with Crippen molar-refractivity contribution in [3.63, 3.8) is 0 Å². The monoisotopic (exact) mass is 173 g/mol. The van der Waals surface area contributed by atoms with Crippen LogP contribution in [0.4, 0.5) is 0 Å². The summed E-state index contributed by atoms with van der Waals surface area (Å²) in [6.45, 7) is 1.42. The molecule has 0 aromatic rings. The van der Waals surface area contributed by atoms with Gasteiger partial charge in [0.25, 0.3) is 0 Å². The quantitative estimate of drug-likeness (QED) is 0.463. The molecule has 1 N–H and O–H groups in total. The van der Waals surface area contributed by atoms with Gasteiger partial charge in [0, 0.05) is 25.5 Å². The van der Waals surface area contributed by atoms with Crippen LogP contribution in [0.1, 0.15) is 6.92 Å². The van der Waals surface area contributed by atoms with Crippen molar-refractivity contribution in [1.82, 2.24) is 10.4 Å². The maximum Gasteiger partial charge on any atom is 0.235 e. The Labute approximate surface area is 69.5 Å². The SMILES string of the molecule is CC(=O)NN1C=CN=CC1Cl. The third-order valence-corrected chi connectivity index (χ3v) is 1.40. The Bertz CT molecular complexity index is 214. The van der Waals surface area contributed by atoms with Gasteiger partial charge in [0.2, 0.25) is 5.91 Å². The number of carbonyl (C=O) groups is 1. The Kier molecular flexibility index (Phi) is 2.48. The van der Waals surface area contributed by atoms with Crippen LogP contribution in [0.25, 0.3) is 0 Å². The molecule has 1 amide bonds. The van der Waals surface area contributed by atoms with Crippen molar-refractivity contribution >= 4 is 23.7 Å². The zero-order valence-electron chi connectivity index (χ0n) is 5.99. The Morgan fingerprint density at radius 2 is 2.55 bits per heavy atom. The highest BCUT2D eigenvalue weighted by molar-refractivity contribution is 6.28. The van der Waals surface area contributed by atoms with Gasteiger partial charge < -0.3 is 0 Å². The number of alkyl halides is 1. The lowest BCUT2D eigenvalue weighted by Gasteiger charge is -2.24. The van der Waals surface area contributed by atoms with Crippen molar-refractivity contribution in [1.29, 1.82) is 0 Å². The van der Waals surface area contributed by atoms with E-state index in [1.54, 1.807) is 12.4 Å². The molecule has 1 aliphatic heterocycles. The molecular weight excluding hydrogens is 166 g/mol. The highest BCUT2D eigenvalue weighted by Gasteiger charge is 2.11. The molecular formula is C6H8ClN3O. The molecule has 1 unspecified atom stereocenters. The molecule has 1 atom stereocenters. The predicted molar refractivity (Wildman–Crippen MR) is 42.9 cm³/mol. The molecule has 1 rings (SSSR count). The van der Waals surface area contributed by atoms with Crippen LogP contribution in [-0.4, -0.2) is 22.6 Å². The van der Waals surface area contributed by atoms with E-state index < -0.39 is 5.50 Å². The Balaban J connectivity index is 2.52. The van der Waals surface area contributed by atoms with E-state index in [-0.39, 0.29) is 5.91 Å². The topological polar surface area (TPSA) is 44.7 Å². The molecule has 60 valence electrons. The smallest absolute Gasteiger partial charge is 0.235 e. The summed E-state index contributed by atoms with van der Waals surface area (Å²) in [7, 11) is 0. The first kappa shape index (κ1) is 8.07. The normalized spacial score (nSPS) is 22.0. The van der Waals surface area contributed by atoms with Crippen LogP contribution in [0.5, 0.6) is 0 Å². The summed E-state index contributed by atoms with van der Waals surface area (Å²) in [6.07, 6.45) is 4.67. The number of halogens is 1. The fourth-order valence-corrected chi connectivity index (χ4v) is 0.845. The number of hydrogen-bond donors (Lipinski definition) is 1. The molecule has 0 aliphatic carbocycles. The summed E-state index contributed by atoms with van der Waals surface area (Å²) in [5.74, 6) is -0.157. The van der Waals surface area contributed by atoms with E-state index >= 15 is 0 Å². The van der Waals surface area contributed by atoms with Crippen molar-refractivity contribution < 1.29 is 4.79 Å². The van der Waals surface area contributed by atoms with Gasteiger partial charge >= 0.3 is 0 Å². The molecule has 0 radical (unpaired) electrons. The van der Waals surface area contributed by atoms with Crippen LogP contribution in [0, 0.1) is 0 Å². The van der Waals surface area contributed by atoms with Gasteiger partial charge in [-0.1, -0.05) is 11.6 Å². The average Bonchev–Trinajstić information content (AvgIpc) is 1.93. The standard InChI is InChI=1S/C6H8ClN3O/c1-5(11)9-10-3-2-8-4-6(10)7/h2-4,6H,1H3,(H,9,11). The van der Waals surface area contributed by atoms with E-state index in [1.807, 2.05) is 0 Å². The minimum atomic E-state index is -0.399. The molecule has 1 heterocycles. The van der Waals surface area contributed by atoms with Crippen LogP contribution in [0.2, 0.25) is 0 Å². The van der Waals surface area contributed by atoms with Gasteiger partial charge in [-0.15, -0.1) is 0 Å². The second-order valence-corrected chi connectivity index (χ2v) is 2.49. The van der Waals surface area contributed by atoms with Gasteiger partial charge in [0.15, 0.2) is 5.50 Å². The number of amides is 1. The van der Waals surface area contributed by atoms with Crippen LogP contribution in [-0.2, 0) is 4.79 Å².